The van der Waals surface area contributed by atoms with Gasteiger partial charge < -0.3 is 20.4 Å². The SMILES string of the molecule is CCN1CCN(C(=O)Cc2nc(C[C@H](C(=O)N3C[C@]4(C[C@H]3C(=O)CC(CC3CCC3)C(=O)C(N)=O)C(C)(C)C43CCC3)C(C)(C)C)cs2)CC1. The minimum absolute atomic E-state index is 0.0109. The number of ketones is 2. The van der Waals surface area contributed by atoms with E-state index in [4.69, 9.17) is 10.7 Å². The average molecular weight is 710 g/mol. The number of hydrogen-bond donors (Lipinski definition) is 1. The Morgan fingerprint density at radius 1 is 1.02 bits per heavy atom. The number of carbonyl (C=O) groups is 5. The first-order valence-electron chi connectivity index (χ1n) is 19.1. The number of amides is 3. The minimum atomic E-state index is -0.981. The lowest BCUT2D eigenvalue weighted by Crippen LogP contribution is -2.48. The monoisotopic (exact) mass is 709 g/mol. The maximum absolute atomic E-state index is 14.9. The van der Waals surface area contributed by atoms with Crippen LogP contribution in [0, 0.1) is 39.4 Å². The summed E-state index contributed by atoms with van der Waals surface area (Å²) in [6.45, 7) is 17.8. The topological polar surface area (TPSA) is 134 Å². The molecule has 276 valence electrons. The van der Waals surface area contributed by atoms with E-state index in [0.29, 0.717) is 31.7 Å². The van der Waals surface area contributed by atoms with Gasteiger partial charge in [-0.1, -0.05) is 67.2 Å². The molecule has 3 heterocycles. The summed E-state index contributed by atoms with van der Waals surface area (Å²) in [7, 11) is 0. The fourth-order valence-electron chi connectivity index (χ4n) is 10.4. The van der Waals surface area contributed by atoms with Crippen molar-refractivity contribution < 1.29 is 24.0 Å². The van der Waals surface area contributed by atoms with Crippen LogP contribution in [0.25, 0.3) is 0 Å². The van der Waals surface area contributed by atoms with Crippen molar-refractivity contribution in [2.45, 2.75) is 118 Å². The molecule has 10 nitrogen and oxygen atoms in total. The number of carbonyl (C=O) groups excluding carboxylic acids is 5. The summed E-state index contributed by atoms with van der Waals surface area (Å²) in [5.74, 6) is -2.53. The molecular formula is C39H59N5O5S. The molecule has 0 bridgehead atoms. The molecule has 2 spiro atoms. The number of piperazine rings is 1. The number of likely N-dealkylation sites (N-methyl/N-ethyl adjacent to an activating group) is 1. The number of likely N-dealkylation sites (tertiary alicyclic amines) is 1. The molecule has 5 fully saturated rings. The molecule has 2 saturated heterocycles. The number of Topliss-reactive ketones (excluding diaryl/α,β-unsaturated/α-hetero) is 2. The Kier molecular flexibility index (Phi) is 10.2. The second-order valence-corrected chi connectivity index (χ2v) is 18.7. The van der Waals surface area contributed by atoms with Gasteiger partial charge in [0.1, 0.15) is 5.01 Å². The summed E-state index contributed by atoms with van der Waals surface area (Å²) in [5.41, 5.74) is 5.87. The van der Waals surface area contributed by atoms with Gasteiger partial charge in [-0.2, -0.15) is 0 Å². The Morgan fingerprint density at radius 2 is 1.70 bits per heavy atom. The minimum Gasteiger partial charge on any atom is -0.363 e. The van der Waals surface area contributed by atoms with Crippen LogP contribution in [-0.4, -0.2) is 94.3 Å². The second kappa shape index (κ2) is 13.7. The van der Waals surface area contributed by atoms with Crippen molar-refractivity contribution in [2.24, 2.45) is 45.1 Å². The normalized spacial score (nSPS) is 27.1. The van der Waals surface area contributed by atoms with Crippen molar-refractivity contribution in [3.8, 4) is 0 Å². The highest BCUT2D eigenvalue weighted by Crippen LogP contribution is 2.88. The summed E-state index contributed by atoms with van der Waals surface area (Å²) < 4.78 is 0. The molecule has 2 N–H and O–H groups in total. The molecule has 0 aromatic carbocycles. The fourth-order valence-corrected chi connectivity index (χ4v) is 11.2. The lowest BCUT2D eigenvalue weighted by molar-refractivity contribution is -0.145. The molecule has 3 aliphatic carbocycles. The zero-order valence-electron chi connectivity index (χ0n) is 31.2. The molecule has 3 saturated carbocycles. The highest BCUT2D eigenvalue weighted by Gasteiger charge is 2.85. The van der Waals surface area contributed by atoms with Crippen LogP contribution in [0.4, 0.5) is 0 Å². The summed E-state index contributed by atoms with van der Waals surface area (Å²) in [4.78, 5) is 78.4. The van der Waals surface area contributed by atoms with Crippen LogP contribution in [0.1, 0.15) is 110 Å². The predicted molar refractivity (Wildman–Crippen MR) is 193 cm³/mol. The van der Waals surface area contributed by atoms with Gasteiger partial charge in [0.15, 0.2) is 5.78 Å². The number of fused-ring (bicyclic) bond motifs is 1. The Labute approximate surface area is 302 Å². The standard InChI is InChI=1S/C39H59N5O5S/c1-7-42-14-16-43(17-15-42)32(46)21-31-41-27(23-50-31)20-28(36(2,3)4)35(49)44-24-39(37(5,6)38(39)12-9-13-38)22-29(44)30(45)19-26(33(47)34(40)48)18-25-10-8-11-25/h23,25-26,28-29H,7-22,24H2,1-6H3,(H2,40,48)/t26?,28-,29+,39-/m1/s1. The summed E-state index contributed by atoms with van der Waals surface area (Å²) in [6, 6.07) is -0.632. The Balaban J connectivity index is 1.21. The molecular weight excluding hydrogens is 651 g/mol. The van der Waals surface area contributed by atoms with Crippen molar-refractivity contribution in [1.29, 1.82) is 0 Å². The van der Waals surface area contributed by atoms with E-state index in [0.717, 1.165) is 75.5 Å². The number of nitrogens with two attached hydrogens (primary N) is 1. The zero-order valence-corrected chi connectivity index (χ0v) is 32.0. The van der Waals surface area contributed by atoms with Gasteiger partial charge >= 0.3 is 0 Å². The van der Waals surface area contributed by atoms with Gasteiger partial charge in [0, 0.05) is 68.2 Å². The third-order valence-electron chi connectivity index (χ3n) is 14.2. The predicted octanol–water partition coefficient (Wildman–Crippen LogP) is 4.67. The van der Waals surface area contributed by atoms with Crippen molar-refractivity contribution in [3.63, 3.8) is 0 Å². The van der Waals surface area contributed by atoms with Crippen LogP contribution < -0.4 is 5.73 Å². The number of rotatable bonds is 13. The van der Waals surface area contributed by atoms with E-state index in [1.807, 2.05) is 15.2 Å². The van der Waals surface area contributed by atoms with Crippen LogP contribution >= 0.6 is 11.3 Å². The first-order valence-corrected chi connectivity index (χ1v) is 20.0. The van der Waals surface area contributed by atoms with Crippen LogP contribution in [0.5, 0.6) is 0 Å². The first kappa shape index (κ1) is 37.1. The quantitative estimate of drug-likeness (QED) is 0.294. The Morgan fingerprint density at radius 3 is 2.22 bits per heavy atom. The molecule has 50 heavy (non-hydrogen) atoms. The summed E-state index contributed by atoms with van der Waals surface area (Å²) in [5, 5.41) is 2.74. The molecule has 6 rings (SSSR count). The van der Waals surface area contributed by atoms with Crippen molar-refractivity contribution in [3.05, 3.63) is 16.1 Å². The zero-order chi connectivity index (χ0) is 36.2. The number of hydrogen-bond acceptors (Lipinski definition) is 8. The largest absolute Gasteiger partial charge is 0.363 e. The maximum Gasteiger partial charge on any atom is 0.285 e. The average Bonchev–Trinajstić information content (AvgIpc) is 3.42. The highest BCUT2D eigenvalue weighted by molar-refractivity contribution is 7.09. The van der Waals surface area contributed by atoms with E-state index in [9.17, 15) is 24.0 Å². The van der Waals surface area contributed by atoms with Gasteiger partial charge in [0.2, 0.25) is 17.6 Å². The number of nitrogens with zero attached hydrogens (tertiary/aromatic N) is 4. The summed E-state index contributed by atoms with van der Waals surface area (Å²) >= 11 is 1.47. The Bertz CT molecular complexity index is 1500. The number of primary amides is 1. The number of thiazole rings is 1. The lowest BCUT2D eigenvalue weighted by Gasteiger charge is -2.35. The molecule has 5 aliphatic rings. The fraction of sp³-hybridized carbons (Fsp3) is 0.795. The third kappa shape index (κ3) is 6.47. The van der Waals surface area contributed by atoms with E-state index in [1.165, 1.54) is 17.8 Å². The molecule has 4 atom stereocenters. The maximum atomic E-state index is 14.9. The smallest absolute Gasteiger partial charge is 0.285 e. The summed E-state index contributed by atoms with van der Waals surface area (Å²) in [6.07, 6.45) is 8.25. The van der Waals surface area contributed by atoms with Crippen molar-refractivity contribution in [1.82, 2.24) is 19.7 Å². The molecule has 1 unspecified atom stereocenters. The highest BCUT2D eigenvalue weighted by atomic mass is 32.1. The van der Waals surface area contributed by atoms with Gasteiger partial charge in [-0.15, -0.1) is 11.3 Å². The van der Waals surface area contributed by atoms with Crippen molar-refractivity contribution in [2.75, 3.05) is 39.3 Å². The second-order valence-electron chi connectivity index (χ2n) is 17.8. The third-order valence-corrected chi connectivity index (χ3v) is 15.1. The van der Waals surface area contributed by atoms with Gasteiger partial charge in [-0.3, -0.25) is 24.0 Å². The van der Waals surface area contributed by atoms with Crippen LogP contribution in [0.3, 0.4) is 0 Å². The Hall–Kier alpha value is -2.66. The molecule has 1 aromatic heterocycles. The first-order chi connectivity index (χ1) is 23.5. The van der Waals surface area contributed by atoms with Crippen molar-refractivity contribution >= 4 is 40.6 Å². The van der Waals surface area contributed by atoms with Gasteiger partial charge in [0.05, 0.1) is 18.2 Å². The van der Waals surface area contributed by atoms with E-state index >= 15 is 0 Å². The van der Waals surface area contributed by atoms with Gasteiger partial charge in [-0.25, -0.2) is 4.98 Å². The van der Waals surface area contributed by atoms with Gasteiger partial charge in [-0.05, 0) is 54.4 Å². The number of aromatic nitrogens is 1. The van der Waals surface area contributed by atoms with E-state index in [-0.39, 0.29) is 46.7 Å². The van der Waals surface area contributed by atoms with Crippen LogP contribution in [-0.2, 0) is 36.8 Å². The molecule has 0 radical (unpaired) electrons. The molecule has 1 aromatic rings. The lowest BCUT2D eigenvalue weighted by atomic mass is 9.73. The van der Waals surface area contributed by atoms with E-state index < -0.39 is 35.0 Å². The van der Waals surface area contributed by atoms with Crippen LogP contribution in [0.2, 0.25) is 0 Å². The molecule has 2 aliphatic heterocycles. The van der Waals surface area contributed by atoms with Crippen LogP contribution in [0.15, 0.2) is 5.38 Å². The molecule has 11 heteroatoms. The van der Waals surface area contributed by atoms with E-state index in [1.54, 1.807) is 0 Å². The molecule has 3 amide bonds. The van der Waals surface area contributed by atoms with E-state index in [2.05, 4.69) is 46.4 Å². The van der Waals surface area contributed by atoms with Gasteiger partial charge in [0.25, 0.3) is 5.91 Å².